The minimum absolute atomic E-state index is 0.0166. The normalized spacial score (nSPS) is 12.6. The van der Waals surface area contributed by atoms with Crippen LogP contribution in [-0.4, -0.2) is 35.6 Å². The molecule has 84 valence electrons. The van der Waals surface area contributed by atoms with Gasteiger partial charge in [0.05, 0.1) is 11.0 Å². The van der Waals surface area contributed by atoms with Crippen LogP contribution >= 0.6 is 11.3 Å². The second-order valence-electron chi connectivity index (χ2n) is 3.88. The standard InChI is InChI=1S/C11H17NO2S/c1-7-5-10(15-9(7)3)11(14)12(4)6-8(2)13/h5,8,13H,6H2,1-4H3. The zero-order chi connectivity index (χ0) is 11.6. The second kappa shape index (κ2) is 4.77. The highest BCUT2D eigenvalue weighted by Gasteiger charge is 2.15. The summed E-state index contributed by atoms with van der Waals surface area (Å²) in [5, 5.41) is 9.19. The van der Waals surface area contributed by atoms with E-state index in [0.717, 1.165) is 10.4 Å². The van der Waals surface area contributed by atoms with Crippen molar-refractivity contribution < 1.29 is 9.90 Å². The van der Waals surface area contributed by atoms with E-state index in [-0.39, 0.29) is 5.91 Å². The highest BCUT2D eigenvalue weighted by atomic mass is 32.1. The van der Waals surface area contributed by atoms with Crippen LogP contribution in [0.1, 0.15) is 27.0 Å². The van der Waals surface area contributed by atoms with E-state index < -0.39 is 6.10 Å². The molecule has 1 unspecified atom stereocenters. The number of hydrogen-bond donors (Lipinski definition) is 1. The van der Waals surface area contributed by atoms with E-state index >= 15 is 0 Å². The summed E-state index contributed by atoms with van der Waals surface area (Å²) in [6, 6.07) is 1.90. The fourth-order valence-corrected chi connectivity index (χ4v) is 2.37. The molecule has 0 aliphatic carbocycles. The van der Waals surface area contributed by atoms with E-state index in [1.807, 2.05) is 19.9 Å². The molecule has 0 aliphatic heterocycles. The molecule has 0 aliphatic rings. The third-order valence-electron chi connectivity index (χ3n) is 2.26. The van der Waals surface area contributed by atoms with Crippen molar-refractivity contribution >= 4 is 17.2 Å². The molecule has 1 rings (SSSR count). The largest absolute Gasteiger partial charge is 0.392 e. The first-order valence-corrected chi connectivity index (χ1v) is 5.74. The molecule has 1 N–H and O–H groups in total. The Labute approximate surface area is 94.3 Å². The first-order chi connectivity index (χ1) is 6.91. The predicted octanol–water partition coefficient (Wildman–Crippen LogP) is 1.82. The van der Waals surface area contributed by atoms with Crippen molar-refractivity contribution in [3.63, 3.8) is 0 Å². The van der Waals surface area contributed by atoms with Crippen LogP contribution in [-0.2, 0) is 0 Å². The summed E-state index contributed by atoms with van der Waals surface area (Å²) in [5.74, 6) is -0.0166. The van der Waals surface area contributed by atoms with Gasteiger partial charge >= 0.3 is 0 Å². The van der Waals surface area contributed by atoms with Gasteiger partial charge in [-0.15, -0.1) is 11.3 Å². The zero-order valence-electron chi connectivity index (χ0n) is 9.57. The van der Waals surface area contributed by atoms with E-state index in [0.29, 0.717) is 6.54 Å². The van der Waals surface area contributed by atoms with E-state index in [1.165, 1.54) is 16.2 Å². The fraction of sp³-hybridized carbons (Fsp3) is 0.545. The van der Waals surface area contributed by atoms with Gasteiger partial charge in [0.15, 0.2) is 0 Å². The van der Waals surface area contributed by atoms with Gasteiger partial charge in [-0.3, -0.25) is 4.79 Å². The Hall–Kier alpha value is -0.870. The van der Waals surface area contributed by atoms with Gasteiger partial charge in [-0.25, -0.2) is 0 Å². The number of aryl methyl sites for hydroxylation is 2. The number of carbonyl (C=O) groups excluding carboxylic acids is 1. The average Bonchev–Trinajstić information content (AvgIpc) is 2.44. The van der Waals surface area contributed by atoms with Gasteiger partial charge in [-0.2, -0.15) is 0 Å². The molecular formula is C11H17NO2S. The molecule has 0 spiro atoms. The molecule has 0 fully saturated rings. The molecule has 0 saturated carbocycles. The number of aliphatic hydroxyl groups excluding tert-OH is 1. The zero-order valence-corrected chi connectivity index (χ0v) is 10.4. The minimum atomic E-state index is -0.485. The third kappa shape index (κ3) is 3.04. The maximum Gasteiger partial charge on any atom is 0.263 e. The first kappa shape index (κ1) is 12.2. The van der Waals surface area contributed by atoms with E-state index in [9.17, 15) is 9.90 Å². The Balaban J connectivity index is 2.76. The van der Waals surface area contributed by atoms with Gasteiger partial charge < -0.3 is 10.0 Å². The summed E-state index contributed by atoms with van der Waals surface area (Å²) >= 11 is 1.51. The van der Waals surface area contributed by atoms with Gasteiger partial charge in [0.1, 0.15) is 0 Å². The predicted molar refractivity (Wildman–Crippen MR) is 62.4 cm³/mol. The van der Waals surface area contributed by atoms with Crippen molar-refractivity contribution in [1.29, 1.82) is 0 Å². The molecule has 4 heteroatoms. The summed E-state index contributed by atoms with van der Waals surface area (Å²) in [7, 11) is 1.71. The van der Waals surface area contributed by atoms with Gasteiger partial charge in [-0.1, -0.05) is 0 Å². The molecule has 1 aromatic rings. The van der Waals surface area contributed by atoms with Crippen molar-refractivity contribution in [3.8, 4) is 0 Å². The van der Waals surface area contributed by atoms with Crippen molar-refractivity contribution in [2.24, 2.45) is 0 Å². The lowest BCUT2D eigenvalue weighted by atomic mass is 10.2. The summed E-state index contributed by atoms with van der Waals surface area (Å²) in [5.41, 5.74) is 1.15. The van der Waals surface area contributed by atoms with E-state index in [2.05, 4.69) is 0 Å². The third-order valence-corrected chi connectivity index (χ3v) is 3.40. The summed E-state index contributed by atoms with van der Waals surface area (Å²) in [6.07, 6.45) is -0.485. The topological polar surface area (TPSA) is 40.5 Å². The van der Waals surface area contributed by atoms with Gasteiger partial charge in [0.25, 0.3) is 5.91 Å². The molecule has 0 bridgehead atoms. The molecule has 1 amide bonds. The van der Waals surface area contributed by atoms with Crippen LogP contribution < -0.4 is 0 Å². The SMILES string of the molecule is Cc1cc(C(=O)N(C)CC(C)O)sc1C. The lowest BCUT2D eigenvalue weighted by Gasteiger charge is -2.17. The highest BCUT2D eigenvalue weighted by Crippen LogP contribution is 2.21. The Morgan fingerprint density at radius 1 is 1.60 bits per heavy atom. The van der Waals surface area contributed by atoms with E-state index in [1.54, 1.807) is 18.9 Å². The van der Waals surface area contributed by atoms with Crippen LogP contribution in [0, 0.1) is 13.8 Å². The second-order valence-corrected chi connectivity index (χ2v) is 5.14. The molecular weight excluding hydrogens is 210 g/mol. The number of amides is 1. The molecule has 0 saturated heterocycles. The average molecular weight is 227 g/mol. The Bertz CT molecular complexity index is 338. The number of carbonyl (C=O) groups is 1. The molecule has 0 radical (unpaired) electrons. The monoisotopic (exact) mass is 227 g/mol. The van der Waals surface area contributed by atoms with Crippen molar-refractivity contribution in [3.05, 3.63) is 21.4 Å². The lowest BCUT2D eigenvalue weighted by Crippen LogP contribution is -2.32. The molecule has 1 atom stereocenters. The summed E-state index contributed by atoms with van der Waals surface area (Å²) in [4.78, 5) is 15.3. The Morgan fingerprint density at radius 3 is 2.60 bits per heavy atom. The smallest absolute Gasteiger partial charge is 0.263 e. The van der Waals surface area contributed by atoms with Crippen LogP contribution in [0.4, 0.5) is 0 Å². The number of rotatable bonds is 3. The quantitative estimate of drug-likeness (QED) is 0.855. The number of aliphatic hydroxyl groups is 1. The van der Waals surface area contributed by atoms with E-state index in [4.69, 9.17) is 0 Å². The first-order valence-electron chi connectivity index (χ1n) is 4.92. The molecule has 0 aromatic carbocycles. The fourth-order valence-electron chi connectivity index (χ4n) is 1.35. The van der Waals surface area contributed by atoms with Gasteiger partial charge in [0, 0.05) is 18.5 Å². The summed E-state index contributed by atoms with van der Waals surface area (Å²) in [6.45, 7) is 6.05. The Kier molecular flexibility index (Phi) is 3.88. The molecule has 15 heavy (non-hydrogen) atoms. The molecule has 1 heterocycles. The van der Waals surface area contributed by atoms with Crippen LogP contribution in [0.2, 0.25) is 0 Å². The van der Waals surface area contributed by atoms with Crippen LogP contribution in [0.15, 0.2) is 6.07 Å². The highest BCUT2D eigenvalue weighted by molar-refractivity contribution is 7.14. The van der Waals surface area contributed by atoms with Gasteiger partial charge in [-0.05, 0) is 32.4 Å². The summed E-state index contributed by atoms with van der Waals surface area (Å²) < 4.78 is 0. The number of likely N-dealkylation sites (N-methyl/N-ethyl adjacent to an activating group) is 1. The number of thiophene rings is 1. The van der Waals surface area contributed by atoms with Gasteiger partial charge in [0.2, 0.25) is 0 Å². The maximum atomic E-state index is 11.9. The number of hydrogen-bond acceptors (Lipinski definition) is 3. The van der Waals surface area contributed by atoms with Crippen LogP contribution in [0.5, 0.6) is 0 Å². The van der Waals surface area contributed by atoms with Crippen LogP contribution in [0.25, 0.3) is 0 Å². The van der Waals surface area contributed by atoms with Crippen molar-refractivity contribution in [1.82, 2.24) is 4.90 Å². The number of nitrogens with zero attached hydrogens (tertiary/aromatic N) is 1. The lowest BCUT2D eigenvalue weighted by molar-refractivity contribution is 0.0708. The van der Waals surface area contributed by atoms with Crippen molar-refractivity contribution in [2.45, 2.75) is 26.9 Å². The minimum Gasteiger partial charge on any atom is -0.392 e. The molecule has 3 nitrogen and oxygen atoms in total. The van der Waals surface area contributed by atoms with Crippen LogP contribution in [0.3, 0.4) is 0 Å². The maximum absolute atomic E-state index is 11.9. The Morgan fingerprint density at radius 2 is 2.20 bits per heavy atom. The molecule has 1 aromatic heterocycles. The van der Waals surface area contributed by atoms with Crippen molar-refractivity contribution in [2.75, 3.05) is 13.6 Å².